The number of thioether (sulfide) groups is 1. The van der Waals surface area contributed by atoms with E-state index in [4.69, 9.17) is 5.73 Å². The fourth-order valence-electron chi connectivity index (χ4n) is 1.36. The highest BCUT2D eigenvalue weighted by Gasteiger charge is 2.17. The van der Waals surface area contributed by atoms with Gasteiger partial charge in [-0.1, -0.05) is 26.8 Å². The molecule has 1 rings (SSSR count). The van der Waals surface area contributed by atoms with E-state index in [9.17, 15) is 4.79 Å². The number of benzene rings is 1. The summed E-state index contributed by atoms with van der Waals surface area (Å²) in [4.78, 5) is 12.9. The van der Waals surface area contributed by atoms with Crippen LogP contribution < -0.4 is 11.1 Å². The molecule has 18 heavy (non-hydrogen) atoms. The summed E-state index contributed by atoms with van der Waals surface area (Å²) < 4.78 is 0. The molecule has 1 aromatic rings. The number of carbonyl (C=O) groups excluding carboxylic acids is 1. The van der Waals surface area contributed by atoms with Crippen LogP contribution in [0.25, 0.3) is 0 Å². The quantitative estimate of drug-likeness (QED) is 0.819. The summed E-state index contributed by atoms with van der Waals surface area (Å²) in [6.07, 6.45) is 0. The Balaban J connectivity index is 0.00000289. The van der Waals surface area contributed by atoms with Gasteiger partial charge in [0.1, 0.15) is 0 Å². The molecule has 0 aliphatic heterocycles. The summed E-state index contributed by atoms with van der Waals surface area (Å²) in [5.41, 5.74) is 6.60. The van der Waals surface area contributed by atoms with Crippen molar-refractivity contribution in [2.75, 3.05) is 11.1 Å². The van der Waals surface area contributed by atoms with Crippen LogP contribution in [0.15, 0.2) is 29.2 Å². The molecule has 3 nitrogen and oxygen atoms in total. The van der Waals surface area contributed by atoms with Gasteiger partial charge in [-0.05, 0) is 29.9 Å². The van der Waals surface area contributed by atoms with Gasteiger partial charge in [0, 0.05) is 10.6 Å². The number of halogens is 1. The summed E-state index contributed by atoms with van der Waals surface area (Å²) >= 11 is 1.75. The molecule has 1 aromatic carbocycles. The van der Waals surface area contributed by atoms with Crippen molar-refractivity contribution in [1.29, 1.82) is 0 Å². The Hall–Kier alpha value is -0.710. The lowest BCUT2D eigenvalue weighted by molar-refractivity contribution is -0.118. The molecule has 0 saturated heterocycles. The van der Waals surface area contributed by atoms with Gasteiger partial charge in [-0.2, -0.15) is 0 Å². The fraction of sp³-hybridized carbons (Fsp3) is 0.462. The molecule has 1 amide bonds. The first kappa shape index (κ1) is 17.3. The Bertz CT molecular complexity index is 385. The first-order chi connectivity index (χ1) is 8.04. The molecule has 0 unspecified atom stereocenters. The van der Waals surface area contributed by atoms with E-state index in [-0.39, 0.29) is 24.2 Å². The van der Waals surface area contributed by atoms with E-state index in [0.29, 0.717) is 0 Å². The van der Waals surface area contributed by atoms with Crippen LogP contribution in [0.2, 0.25) is 0 Å². The molecule has 0 aliphatic rings. The maximum absolute atomic E-state index is 11.8. The normalized spacial score (nSPS) is 11.8. The highest BCUT2D eigenvalue weighted by molar-refractivity contribution is 7.99. The molecule has 0 aromatic heterocycles. The second-order valence-corrected chi connectivity index (χ2v) is 5.56. The molecular weight excluding hydrogens is 268 g/mol. The fourth-order valence-corrected chi connectivity index (χ4v) is 2.08. The minimum absolute atomic E-state index is 0. The van der Waals surface area contributed by atoms with Crippen molar-refractivity contribution in [1.82, 2.24) is 0 Å². The molecule has 5 heteroatoms. The lowest BCUT2D eigenvalue weighted by Crippen LogP contribution is -2.39. The number of anilines is 1. The third kappa shape index (κ3) is 5.29. The van der Waals surface area contributed by atoms with Gasteiger partial charge in [0.15, 0.2) is 0 Å². The van der Waals surface area contributed by atoms with Gasteiger partial charge < -0.3 is 11.1 Å². The van der Waals surface area contributed by atoms with Crippen molar-refractivity contribution in [3.05, 3.63) is 24.3 Å². The topological polar surface area (TPSA) is 55.1 Å². The van der Waals surface area contributed by atoms with Crippen molar-refractivity contribution < 1.29 is 4.79 Å². The number of nitrogens with one attached hydrogen (secondary N) is 1. The Morgan fingerprint density at radius 3 is 2.67 bits per heavy atom. The number of rotatable bonds is 5. The van der Waals surface area contributed by atoms with Gasteiger partial charge in [0.25, 0.3) is 0 Å². The molecule has 0 fully saturated rings. The Kier molecular flexibility index (Phi) is 8.07. The van der Waals surface area contributed by atoms with Crippen molar-refractivity contribution in [2.24, 2.45) is 11.7 Å². The van der Waals surface area contributed by atoms with E-state index in [1.165, 1.54) is 0 Å². The predicted octanol–water partition coefficient (Wildman–Crippen LogP) is 3.14. The maximum atomic E-state index is 11.8. The van der Waals surface area contributed by atoms with Crippen LogP contribution in [0.4, 0.5) is 5.69 Å². The van der Waals surface area contributed by atoms with Crippen LogP contribution in [0.3, 0.4) is 0 Å². The molecule has 0 heterocycles. The molecule has 3 N–H and O–H groups in total. The van der Waals surface area contributed by atoms with Crippen LogP contribution in [0.5, 0.6) is 0 Å². The second-order valence-electron chi connectivity index (χ2n) is 4.22. The zero-order valence-corrected chi connectivity index (χ0v) is 12.6. The zero-order valence-electron chi connectivity index (χ0n) is 11.0. The standard InChI is InChI=1S/C13H20N2OS.ClH/c1-4-17-11-7-5-6-10(8-11)15-13(16)12(14)9(2)3;/h5-9,12H,4,14H2,1-3H3,(H,15,16);1H/t12-;/m0./s1. The van der Waals surface area contributed by atoms with Gasteiger partial charge >= 0.3 is 0 Å². The Morgan fingerprint density at radius 2 is 2.11 bits per heavy atom. The van der Waals surface area contributed by atoms with E-state index < -0.39 is 6.04 Å². The van der Waals surface area contributed by atoms with Gasteiger partial charge in [0.2, 0.25) is 5.91 Å². The highest BCUT2D eigenvalue weighted by atomic mass is 35.5. The van der Waals surface area contributed by atoms with E-state index in [1.54, 1.807) is 11.8 Å². The number of hydrogen-bond donors (Lipinski definition) is 2. The molecule has 0 saturated carbocycles. The van der Waals surface area contributed by atoms with E-state index in [1.807, 2.05) is 38.1 Å². The SMILES string of the molecule is CCSc1cccc(NC(=O)[C@@H](N)C(C)C)c1.Cl. The summed E-state index contributed by atoms with van der Waals surface area (Å²) in [5, 5.41) is 2.84. The predicted molar refractivity (Wildman–Crippen MR) is 81.5 cm³/mol. The van der Waals surface area contributed by atoms with Crippen LogP contribution in [0, 0.1) is 5.92 Å². The van der Waals surface area contributed by atoms with Crippen molar-refractivity contribution in [2.45, 2.75) is 31.7 Å². The second kappa shape index (κ2) is 8.40. The van der Waals surface area contributed by atoms with Gasteiger partial charge in [0.05, 0.1) is 6.04 Å². The largest absolute Gasteiger partial charge is 0.325 e. The van der Waals surface area contributed by atoms with Crippen molar-refractivity contribution in [3.8, 4) is 0 Å². The van der Waals surface area contributed by atoms with Crippen molar-refractivity contribution >= 4 is 35.8 Å². The van der Waals surface area contributed by atoms with E-state index >= 15 is 0 Å². The third-order valence-electron chi connectivity index (χ3n) is 2.43. The average Bonchev–Trinajstić information content (AvgIpc) is 2.28. The lowest BCUT2D eigenvalue weighted by atomic mass is 10.1. The Morgan fingerprint density at radius 1 is 1.44 bits per heavy atom. The van der Waals surface area contributed by atoms with Crippen LogP contribution in [-0.2, 0) is 4.79 Å². The van der Waals surface area contributed by atoms with Crippen LogP contribution in [-0.4, -0.2) is 17.7 Å². The molecule has 102 valence electrons. The number of hydrogen-bond acceptors (Lipinski definition) is 3. The van der Waals surface area contributed by atoms with Gasteiger partial charge in [-0.15, -0.1) is 24.2 Å². The van der Waals surface area contributed by atoms with Gasteiger partial charge in [-0.25, -0.2) is 0 Å². The molecule has 0 bridgehead atoms. The van der Waals surface area contributed by atoms with Crippen LogP contribution >= 0.6 is 24.2 Å². The van der Waals surface area contributed by atoms with Crippen LogP contribution in [0.1, 0.15) is 20.8 Å². The summed E-state index contributed by atoms with van der Waals surface area (Å²) in [6.45, 7) is 5.98. The minimum Gasteiger partial charge on any atom is -0.325 e. The average molecular weight is 289 g/mol. The third-order valence-corrected chi connectivity index (χ3v) is 3.31. The highest BCUT2D eigenvalue weighted by Crippen LogP contribution is 2.21. The number of nitrogens with two attached hydrogens (primary N) is 1. The number of amides is 1. The summed E-state index contributed by atoms with van der Waals surface area (Å²) in [5.74, 6) is 1.03. The number of carbonyl (C=O) groups is 1. The smallest absolute Gasteiger partial charge is 0.241 e. The molecule has 0 radical (unpaired) electrons. The monoisotopic (exact) mass is 288 g/mol. The van der Waals surface area contributed by atoms with E-state index in [0.717, 1.165) is 16.3 Å². The first-order valence-electron chi connectivity index (χ1n) is 5.84. The van der Waals surface area contributed by atoms with Gasteiger partial charge in [-0.3, -0.25) is 4.79 Å². The molecule has 0 spiro atoms. The molecule has 0 aliphatic carbocycles. The van der Waals surface area contributed by atoms with E-state index in [2.05, 4.69) is 12.2 Å². The van der Waals surface area contributed by atoms with Crippen molar-refractivity contribution in [3.63, 3.8) is 0 Å². The zero-order chi connectivity index (χ0) is 12.8. The Labute approximate surface area is 119 Å². The molecule has 1 atom stereocenters. The lowest BCUT2D eigenvalue weighted by Gasteiger charge is -2.15. The first-order valence-corrected chi connectivity index (χ1v) is 6.82. The summed E-state index contributed by atoms with van der Waals surface area (Å²) in [6, 6.07) is 7.36. The minimum atomic E-state index is -0.461. The summed E-state index contributed by atoms with van der Waals surface area (Å²) in [7, 11) is 0. The molecular formula is C13H21ClN2OS. The maximum Gasteiger partial charge on any atom is 0.241 e.